The van der Waals surface area contributed by atoms with Crippen molar-refractivity contribution in [3.63, 3.8) is 0 Å². The molecule has 0 aliphatic carbocycles. The van der Waals surface area contributed by atoms with Gasteiger partial charge in [-0.3, -0.25) is 4.98 Å². The van der Waals surface area contributed by atoms with Crippen molar-refractivity contribution in [2.24, 2.45) is 0 Å². The Morgan fingerprint density at radius 1 is 1.14 bits per heavy atom. The average Bonchev–Trinajstić information content (AvgIpc) is 3.13. The highest BCUT2D eigenvalue weighted by molar-refractivity contribution is 5.82. The lowest BCUT2D eigenvalue weighted by Crippen LogP contribution is -2.06. The minimum Gasteiger partial charge on any atom is -0.360 e. The Bertz CT molecular complexity index is 1130. The summed E-state index contributed by atoms with van der Waals surface area (Å²) in [7, 11) is 0. The zero-order valence-electron chi connectivity index (χ0n) is 16.2. The Hall–Kier alpha value is -3.61. The summed E-state index contributed by atoms with van der Waals surface area (Å²) < 4.78 is 18.9. The average molecular weight is 389 g/mol. The molecule has 0 bridgehead atoms. The molecule has 6 nitrogen and oxygen atoms in total. The highest BCUT2D eigenvalue weighted by Crippen LogP contribution is 2.34. The summed E-state index contributed by atoms with van der Waals surface area (Å²) in [5.41, 5.74) is 5.01. The van der Waals surface area contributed by atoms with Crippen LogP contribution in [0.4, 0.5) is 10.3 Å². The van der Waals surface area contributed by atoms with Gasteiger partial charge >= 0.3 is 0 Å². The summed E-state index contributed by atoms with van der Waals surface area (Å²) in [5.74, 6) is 0.948. The van der Waals surface area contributed by atoms with Crippen molar-refractivity contribution in [1.29, 1.82) is 0 Å². The van der Waals surface area contributed by atoms with Crippen LogP contribution in [0.25, 0.3) is 22.4 Å². The van der Waals surface area contributed by atoms with E-state index in [2.05, 4.69) is 20.4 Å². The van der Waals surface area contributed by atoms with E-state index in [4.69, 9.17) is 9.51 Å². The summed E-state index contributed by atoms with van der Waals surface area (Å²) in [6.45, 7) is 4.32. The molecule has 4 rings (SSSR count). The van der Waals surface area contributed by atoms with Crippen LogP contribution in [0.3, 0.4) is 0 Å². The van der Waals surface area contributed by atoms with Gasteiger partial charge in [-0.2, -0.15) is 0 Å². The van der Waals surface area contributed by atoms with Crippen molar-refractivity contribution in [1.82, 2.24) is 20.1 Å². The fraction of sp³-hybridized carbons (Fsp3) is 0.182. The van der Waals surface area contributed by atoms with E-state index in [-0.39, 0.29) is 5.82 Å². The second-order valence-electron chi connectivity index (χ2n) is 6.59. The van der Waals surface area contributed by atoms with Gasteiger partial charge in [0.15, 0.2) is 0 Å². The van der Waals surface area contributed by atoms with E-state index in [1.54, 1.807) is 24.7 Å². The molecule has 0 atom stereocenters. The maximum atomic E-state index is 13.4. The van der Waals surface area contributed by atoms with Crippen LogP contribution in [-0.4, -0.2) is 20.1 Å². The number of rotatable bonds is 6. The van der Waals surface area contributed by atoms with Gasteiger partial charge in [-0.15, -0.1) is 0 Å². The molecule has 0 aliphatic rings. The van der Waals surface area contributed by atoms with Crippen molar-refractivity contribution in [3.8, 4) is 22.4 Å². The van der Waals surface area contributed by atoms with Gasteiger partial charge in [-0.25, -0.2) is 14.4 Å². The maximum Gasteiger partial charge on any atom is 0.223 e. The summed E-state index contributed by atoms with van der Waals surface area (Å²) >= 11 is 0. The van der Waals surface area contributed by atoms with Crippen LogP contribution in [0.15, 0.2) is 59.5 Å². The fourth-order valence-electron chi connectivity index (χ4n) is 3.19. The third kappa shape index (κ3) is 3.99. The topological polar surface area (TPSA) is 76.7 Å². The van der Waals surface area contributed by atoms with Gasteiger partial charge < -0.3 is 9.84 Å². The van der Waals surface area contributed by atoms with Crippen molar-refractivity contribution in [2.75, 3.05) is 5.32 Å². The van der Waals surface area contributed by atoms with Crippen LogP contribution in [0, 0.1) is 12.7 Å². The maximum absolute atomic E-state index is 13.4. The number of hydrogen-bond donors (Lipinski definition) is 1. The number of hydrogen-bond acceptors (Lipinski definition) is 6. The number of halogens is 1. The number of nitrogens with one attached hydrogen (secondary N) is 1. The monoisotopic (exact) mass is 389 g/mol. The molecule has 7 heteroatoms. The minimum absolute atomic E-state index is 0.272. The predicted molar refractivity (Wildman–Crippen MR) is 109 cm³/mol. The van der Waals surface area contributed by atoms with Gasteiger partial charge in [0.2, 0.25) is 5.95 Å². The number of nitrogens with zero attached hydrogens (tertiary/aromatic N) is 4. The molecule has 1 aromatic carbocycles. The van der Waals surface area contributed by atoms with Gasteiger partial charge in [-0.1, -0.05) is 24.2 Å². The summed E-state index contributed by atoms with van der Waals surface area (Å²) in [6.07, 6.45) is 5.94. The van der Waals surface area contributed by atoms with Gasteiger partial charge in [0.1, 0.15) is 11.6 Å². The normalized spacial score (nSPS) is 10.9. The van der Waals surface area contributed by atoms with Gasteiger partial charge in [0, 0.05) is 37.1 Å². The Balaban J connectivity index is 1.75. The molecule has 0 spiro atoms. The Labute approximate surface area is 167 Å². The molecular weight excluding hydrogens is 369 g/mol. The zero-order chi connectivity index (χ0) is 20.2. The molecule has 29 heavy (non-hydrogen) atoms. The van der Waals surface area contributed by atoms with Crippen LogP contribution in [0.2, 0.25) is 0 Å². The van der Waals surface area contributed by atoms with E-state index >= 15 is 0 Å². The molecule has 0 radical (unpaired) electrons. The first kappa shape index (κ1) is 18.7. The molecular formula is C22H20FN5O. The molecule has 146 valence electrons. The van der Waals surface area contributed by atoms with Crippen molar-refractivity contribution < 1.29 is 8.91 Å². The Kier molecular flexibility index (Phi) is 5.29. The Morgan fingerprint density at radius 3 is 2.72 bits per heavy atom. The van der Waals surface area contributed by atoms with Crippen molar-refractivity contribution >= 4 is 5.95 Å². The van der Waals surface area contributed by atoms with E-state index < -0.39 is 0 Å². The molecule has 0 amide bonds. The second-order valence-corrected chi connectivity index (χ2v) is 6.59. The zero-order valence-corrected chi connectivity index (χ0v) is 16.2. The van der Waals surface area contributed by atoms with Crippen LogP contribution in [0.5, 0.6) is 0 Å². The van der Waals surface area contributed by atoms with Gasteiger partial charge in [0.25, 0.3) is 0 Å². The molecule has 3 heterocycles. The largest absolute Gasteiger partial charge is 0.360 e. The number of anilines is 1. The smallest absolute Gasteiger partial charge is 0.223 e. The lowest BCUT2D eigenvalue weighted by atomic mass is 10.00. The Morgan fingerprint density at radius 2 is 1.97 bits per heavy atom. The predicted octanol–water partition coefficient (Wildman–Crippen LogP) is 4.82. The van der Waals surface area contributed by atoms with E-state index in [0.717, 1.165) is 39.4 Å². The number of pyridine rings is 1. The highest BCUT2D eigenvalue weighted by Gasteiger charge is 2.20. The third-order valence-corrected chi connectivity index (χ3v) is 4.61. The summed E-state index contributed by atoms with van der Waals surface area (Å²) in [4.78, 5) is 13.3. The van der Waals surface area contributed by atoms with Gasteiger partial charge in [-0.05, 0) is 42.3 Å². The molecule has 0 fully saturated rings. The lowest BCUT2D eigenvalue weighted by Gasteiger charge is -2.12. The summed E-state index contributed by atoms with van der Waals surface area (Å²) in [6, 6.07) is 10.3. The first-order chi connectivity index (χ1) is 14.2. The molecule has 0 aliphatic heterocycles. The minimum atomic E-state index is -0.272. The molecule has 0 saturated carbocycles. The molecule has 0 saturated heterocycles. The SMILES string of the molecule is CCc1onc(C)c1-c1nc(NCc2cccc(F)c2)ncc1-c1ccncc1. The molecule has 3 aromatic heterocycles. The fourth-order valence-corrected chi connectivity index (χ4v) is 3.19. The second kappa shape index (κ2) is 8.18. The molecule has 4 aromatic rings. The third-order valence-electron chi connectivity index (χ3n) is 4.61. The van der Waals surface area contributed by atoms with Crippen LogP contribution >= 0.6 is 0 Å². The van der Waals surface area contributed by atoms with E-state index in [1.807, 2.05) is 32.0 Å². The van der Waals surface area contributed by atoms with Crippen molar-refractivity contribution in [2.45, 2.75) is 26.8 Å². The first-order valence-corrected chi connectivity index (χ1v) is 9.37. The van der Waals surface area contributed by atoms with Crippen LogP contribution in [-0.2, 0) is 13.0 Å². The lowest BCUT2D eigenvalue weighted by molar-refractivity contribution is 0.383. The van der Waals surface area contributed by atoms with E-state index in [0.29, 0.717) is 18.9 Å². The number of benzene rings is 1. The van der Waals surface area contributed by atoms with Crippen LogP contribution < -0.4 is 5.32 Å². The van der Waals surface area contributed by atoms with E-state index in [9.17, 15) is 4.39 Å². The number of aromatic nitrogens is 4. The standard InChI is InChI=1S/C22H20FN5O/c1-3-19-20(14(2)28-29-19)21-18(16-7-9-24-10-8-16)13-26-22(27-21)25-12-15-5-4-6-17(23)11-15/h4-11,13H,3,12H2,1-2H3,(H,25,26,27). The van der Waals surface area contributed by atoms with E-state index in [1.165, 1.54) is 12.1 Å². The number of aryl methyl sites for hydroxylation is 2. The van der Waals surface area contributed by atoms with Crippen molar-refractivity contribution in [3.05, 3.63) is 77.8 Å². The molecule has 1 N–H and O–H groups in total. The quantitative estimate of drug-likeness (QED) is 0.510. The summed E-state index contributed by atoms with van der Waals surface area (Å²) in [5, 5.41) is 7.30. The van der Waals surface area contributed by atoms with Crippen LogP contribution in [0.1, 0.15) is 23.9 Å². The first-order valence-electron chi connectivity index (χ1n) is 9.37. The molecule has 0 unspecified atom stereocenters. The van der Waals surface area contributed by atoms with Gasteiger partial charge in [0.05, 0.1) is 17.0 Å². The highest BCUT2D eigenvalue weighted by atomic mass is 19.1.